The average Bonchev–Trinajstić information content (AvgIpc) is 3.27. The van der Waals surface area contributed by atoms with E-state index >= 15 is 0 Å². The number of nitrogens with one attached hydrogen (secondary N) is 1. The van der Waals surface area contributed by atoms with Gasteiger partial charge in [0.1, 0.15) is 5.52 Å². The molecule has 4 rings (SSSR count). The van der Waals surface area contributed by atoms with Crippen LogP contribution in [0.1, 0.15) is 22.3 Å². The number of benzene rings is 2. The van der Waals surface area contributed by atoms with Crippen LogP contribution >= 0.6 is 15.9 Å². The van der Waals surface area contributed by atoms with Gasteiger partial charge in [-0.05, 0) is 58.2 Å². The standard InChI is InChI=1S/C24H20BrN5O3S/c1-15-4-9-19(25)20(12-15)34(32,33)21-14-28-23-22(29-21)18(13-27-23)16-5-7-17(8-6-16)24(31)30(2)11-3-10-26/h4-9,12-14H,3,11H2,1-2H3,(H,27,28). The van der Waals surface area contributed by atoms with E-state index in [0.717, 1.165) is 11.1 Å². The molecule has 2 aromatic heterocycles. The monoisotopic (exact) mass is 537 g/mol. The molecular weight excluding hydrogens is 518 g/mol. The fourth-order valence-electron chi connectivity index (χ4n) is 3.49. The van der Waals surface area contributed by atoms with Crippen molar-refractivity contribution in [1.82, 2.24) is 19.9 Å². The zero-order chi connectivity index (χ0) is 24.5. The van der Waals surface area contributed by atoms with Crippen molar-refractivity contribution in [2.45, 2.75) is 23.3 Å². The second-order valence-corrected chi connectivity index (χ2v) is 10.5. The summed E-state index contributed by atoms with van der Waals surface area (Å²) in [6, 6.07) is 14.1. The first-order chi connectivity index (χ1) is 16.2. The summed E-state index contributed by atoms with van der Waals surface area (Å²) in [5.41, 5.74) is 3.58. The molecule has 10 heteroatoms. The summed E-state index contributed by atoms with van der Waals surface area (Å²) in [4.78, 5) is 25.9. The van der Waals surface area contributed by atoms with Crippen LogP contribution in [0.3, 0.4) is 0 Å². The first kappa shape index (κ1) is 23.6. The maximum atomic E-state index is 13.3. The molecule has 8 nitrogen and oxygen atoms in total. The van der Waals surface area contributed by atoms with Crippen LogP contribution in [0.4, 0.5) is 0 Å². The van der Waals surface area contributed by atoms with Gasteiger partial charge in [0.15, 0.2) is 10.7 Å². The molecule has 4 aromatic rings. The predicted octanol–water partition coefficient (Wildman–Crippen LogP) is 4.51. The van der Waals surface area contributed by atoms with Gasteiger partial charge in [0.25, 0.3) is 5.91 Å². The Hall–Kier alpha value is -3.55. The van der Waals surface area contributed by atoms with Crippen LogP contribution in [-0.2, 0) is 9.84 Å². The minimum absolute atomic E-state index is 0.126. The van der Waals surface area contributed by atoms with Gasteiger partial charge in [0.05, 0.1) is 23.6 Å². The lowest BCUT2D eigenvalue weighted by molar-refractivity contribution is 0.0798. The minimum atomic E-state index is -3.90. The van der Waals surface area contributed by atoms with Crippen molar-refractivity contribution in [2.75, 3.05) is 13.6 Å². The number of H-pyrrole nitrogens is 1. The number of halogens is 1. The van der Waals surface area contributed by atoms with E-state index in [1.165, 1.54) is 11.1 Å². The van der Waals surface area contributed by atoms with Crippen LogP contribution < -0.4 is 0 Å². The summed E-state index contributed by atoms with van der Waals surface area (Å²) >= 11 is 3.32. The molecule has 1 N–H and O–H groups in total. The van der Waals surface area contributed by atoms with Gasteiger partial charge in [-0.2, -0.15) is 5.26 Å². The Morgan fingerprint density at radius 2 is 1.94 bits per heavy atom. The number of amides is 1. The topological polar surface area (TPSA) is 120 Å². The van der Waals surface area contributed by atoms with Gasteiger partial charge in [-0.1, -0.05) is 18.2 Å². The lowest BCUT2D eigenvalue weighted by Gasteiger charge is -2.15. The van der Waals surface area contributed by atoms with E-state index in [1.807, 2.05) is 19.1 Å². The van der Waals surface area contributed by atoms with E-state index in [2.05, 4.69) is 30.9 Å². The van der Waals surface area contributed by atoms with Gasteiger partial charge in [-0.3, -0.25) is 4.79 Å². The fourth-order valence-corrected chi connectivity index (χ4v) is 5.67. The zero-order valence-electron chi connectivity index (χ0n) is 18.4. The van der Waals surface area contributed by atoms with Crippen LogP contribution in [-0.4, -0.2) is 47.8 Å². The molecule has 0 radical (unpaired) electrons. The normalized spacial score (nSPS) is 11.4. The van der Waals surface area contributed by atoms with Crippen molar-refractivity contribution in [1.29, 1.82) is 5.26 Å². The molecule has 0 aliphatic heterocycles. The van der Waals surface area contributed by atoms with Crippen molar-refractivity contribution in [3.05, 3.63) is 70.5 Å². The number of carbonyl (C=O) groups is 1. The van der Waals surface area contributed by atoms with Crippen LogP contribution in [0.2, 0.25) is 0 Å². The summed E-state index contributed by atoms with van der Waals surface area (Å²) in [5, 5.41) is 8.56. The molecule has 0 aliphatic carbocycles. The van der Waals surface area contributed by atoms with Crippen LogP contribution in [0.5, 0.6) is 0 Å². The SMILES string of the molecule is Cc1ccc(Br)c(S(=O)(=O)c2cnc3[nH]cc(-c4ccc(C(=O)N(C)CCC#N)cc4)c3n2)c1. The average molecular weight is 538 g/mol. The van der Waals surface area contributed by atoms with Crippen molar-refractivity contribution < 1.29 is 13.2 Å². The van der Waals surface area contributed by atoms with E-state index < -0.39 is 9.84 Å². The molecule has 0 bridgehead atoms. The number of aromatic amines is 1. The van der Waals surface area contributed by atoms with E-state index in [9.17, 15) is 13.2 Å². The quantitative estimate of drug-likeness (QED) is 0.386. The summed E-state index contributed by atoms with van der Waals surface area (Å²) in [7, 11) is -2.25. The van der Waals surface area contributed by atoms with Gasteiger partial charge in [-0.25, -0.2) is 18.4 Å². The Morgan fingerprint density at radius 1 is 1.21 bits per heavy atom. The third-order valence-corrected chi connectivity index (χ3v) is 7.98. The van der Waals surface area contributed by atoms with E-state index in [0.29, 0.717) is 33.3 Å². The first-order valence-electron chi connectivity index (χ1n) is 10.3. The number of hydrogen-bond acceptors (Lipinski definition) is 6. The largest absolute Gasteiger partial charge is 0.344 e. The molecule has 0 unspecified atom stereocenters. The maximum absolute atomic E-state index is 13.3. The molecule has 34 heavy (non-hydrogen) atoms. The van der Waals surface area contributed by atoms with Crippen LogP contribution in [0, 0.1) is 18.3 Å². The highest BCUT2D eigenvalue weighted by Gasteiger charge is 2.24. The van der Waals surface area contributed by atoms with Gasteiger partial charge < -0.3 is 9.88 Å². The number of fused-ring (bicyclic) bond motifs is 1. The molecule has 1 amide bonds. The van der Waals surface area contributed by atoms with E-state index in [-0.39, 0.29) is 22.2 Å². The number of rotatable bonds is 6. The third kappa shape index (κ3) is 4.44. The van der Waals surface area contributed by atoms with Crippen molar-refractivity contribution >= 4 is 42.8 Å². The van der Waals surface area contributed by atoms with Gasteiger partial charge in [0.2, 0.25) is 9.84 Å². The molecule has 2 heterocycles. The number of aryl methyl sites for hydroxylation is 1. The molecule has 0 saturated carbocycles. The number of nitrogens with zero attached hydrogens (tertiary/aromatic N) is 4. The van der Waals surface area contributed by atoms with E-state index in [1.54, 1.807) is 49.6 Å². The van der Waals surface area contributed by atoms with Crippen LogP contribution in [0.25, 0.3) is 22.3 Å². The second kappa shape index (κ2) is 9.37. The lowest BCUT2D eigenvalue weighted by Crippen LogP contribution is -2.27. The summed E-state index contributed by atoms with van der Waals surface area (Å²) < 4.78 is 27.0. The number of hydrogen-bond donors (Lipinski definition) is 1. The summed E-state index contributed by atoms with van der Waals surface area (Å²) in [6.45, 7) is 2.17. The second-order valence-electron chi connectivity index (χ2n) is 7.76. The summed E-state index contributed by atoms with van der Waals surface area (Å²) in [6.07, 6.45) is 3.21. The van der Waals surface area contributed by atoms with Crippen molar-refractivity contribution in [3.8, 4) is 17.2 Å². The van der Waals surface area contributed by atoms with Gasteiger partial charge in [-0.15, -0.1) is 0 Å². The van der Waals surface area contributed by atoms with Crippen LogP contribution in [0.15, 0.2) is 69.3 Å². The van der Waals surface area contributed by atoms with E-state index in [4.69, 9.17) is 5.26 Å². The fraction of sp³-hybridized carbons (Fsp3) is 0.167. The Labute approximate surface area is 205 Å². The molecule has 0 saturated heterocycles. The molecular formula is C24H20BrN5O3S. The number of nitriles is 1. The Kier molecular flexibility index (Phi) is 6.50. The molecule has 172 valence electrons. The molecule has 0 aliphatic rings. The minimum Gasteiger partial charge on any atom is -0.344 e. The first-order valence-corrected chi connectivity index (χ1v) is 12.6. The smallest absolute Gasteiger partial charge is 0.253 e. The third-order valence-electron chi connectivity index (χ3n) is 5.36. The number of sulfone groups is 1. The Morgan fingerprint density at radius 3 is 2.65 bits per heavy atom. The highest BCUT2D eigenvalue weighted by atomic mass is 79.9. The molecule has 0 spiro atoms. The van der Waals surface area contributed by atoms with Gasteiger partial charge in [0, 0.05) is 35.4 Å². The molecule has 0 fully saturated rings. The Bertz CT molecular complexity index is 1540. The Balaban J connectivity index is 1.70. The number of aromatic nitrogens is 3. The number of carbonyl (C=O) groups excluding carboxylic acids is 1. The highest BCUT2D eigenvalue weighted by molar-refractivity contribution is 9.10. The molecule has 2 aromatic carbocycles. The van der Waals surface area contributed by atoms with Gasteiger partial charge >= 0.3 is 0 Å². The van der Waals surface area contributed by atoms with Crippen molar-refractivity contribution in [3.63, 3.8) is 0 Å². The zero-order valence-corrected chi connectivity index (χ0v) is 20.8. The molecule has 0 atom stereocenters. The van der Waals surface area contributed by atoms with Crippen molar-refractivity contribution in [2.24, 2.45) is 0 Å². The highest BCUT2D eigenvalue weighted by Crippen LogP contribution is 2.31. The lowest BCUT2D eigenvalue weighted by atomic mass is 10.1. The maximum Gasteiger partial charge on any atom is 0.253 e. The summed E-state index contributed by atoms with van der Waals surface area (Å²) in [5.74, 6) is -0.183. The predicted molar refractivity (Wildman–Crippen MR) is 131 cm³/mol.